The molecule has 0 saturated carbocycles. The second kappa shape index (κ2) is 8.36. The van der Waals surface area contributed by atoms with Crippen LogP contribution in [0.1, 0.15) is 27.2 Å². The molecule has 2 heterocycles. The zero-order valence-electron chi connectivity index (χ0n) is 15.5. The summed E-state index contributed by atoms with van der Waals surface area (Å²) in [4.78, 5) is 22.7. The van der Waals surface area contributed by atoms with Crippen molar-refractivity contribution in [1.82, 2.24) is 0 Å². The van der Waals surface area contributed by atoms with Crippen molar-refractivity contribution in [3.05, 3.63) is 0 Å². The maximum absolute atomic E-state index is 11.4. The highest BCUT2D eigenvalue weighted by atomic mass is 35.5. The maximum atomic E-state index is 11.4. The summed E-state index contributed by atoms with van der Waals surface area (Å²) in [5.41, 5.74) is -1.80. The fourth-order valence-corrected chi connectivity index (χ4v) is 3.76. The lowest BCUT2D eigenvalue weighted by atomic mass is 9.81. The fraction of sp³-hybridized carbons (Fsp3) is 0.875. The van der Waals surface area contributed by atoms with Crippen LogP contribution in [0.2, 0.25) is 0 Å². The first-order valence-corrected chi connectivity index (χ1v) is 9.01. The first kappa shape index (κ1) is 23.2. The van der Waals surface area contributed by atoms with E-state index >= 15 is 0 Å². The second-order valence-corrected chi connectivity index (χ2v) is 7.59. The van der Waals surface area contributed by atoms with E-state index in [1.165, 1.54) is 6.92 Å². The molecular weight excluding hydrogens is 404 g/mol. The van der Waals surface area contributed by atoms with E-state index in [1.807, 2.05) is 0 Å². The molecule has 162 valence electrons. The fourth-order valence-electron chi connectivity index (χ4n) is 3.45. The highest BCUT2D eigenvalue weighted by Gasteiger charge is 2.67. The standard InChI is InChI=1S/C16H25ClO11/c1-6(19)25-14(26-7(2)20)12-10(17)11(22)13(23)16(24,28-12)15(3)4-8(21)9(5-18)27-15/h8-14,18,21-24H,4-5H2,1-3H3/t8-,9+,10+,11-,12-,13+,15+,16+/m0/s1. The molecule has 2 saturated heterocycles. The molecule has 2 rings (SSSR count). The lowest BCUT2D eigenvalue weighted by Crippen LogP contribution is -2.73. The molecule has 5 N–H and O–H groups in total. The van der Waals surface area contributed by atoms with Crippen molar-refractivity contribution in [3.8, 4) is 0 Å². The van der Waals surface area contributed by atoms with E-state index in [0.29, 0.717) is 0 Å². The minimum Gasteiger partial charge on any atom is -0.422 e. The third-order valence-electron chi connectivity index (χ3n) is 4.89. The molecule has 0 aromatic rings. The van der Waals surface area contributed by atoms with Gasteiger partial charge in [0.05, 0.1) is 18.1 Å². The van der Waals surface area contributed by atoms with Gasteiger partial charge < -0.3 is 44.5 Å². The zero-order chi connectivity index (χ0) is 21.4. The van der Waals surface area contributed by atoms with E-state index in [2.05, 4.69) is 0 Å². The predicted octanol–water partition coefficient (Wildman–Crippen LogP) is -2.24. The Balaban J connectivity index is 2.40. The quantitative estimate of drug-likeness (QED) is 0.182. The largest absolute Gasteiger partial charge is 0.422 e. The molecule has 2 fully saturated rings. The van der Waals surface area contributed by atoms with Gasteiger partial charge in [0.1, 0.15) is 23.9 Å². The van der Waals surface area contributed by atoms with Gasteiger partial charge in [0.15, 0.2) is 6.10 Å². The highest BCUT2D eigenvalue weighted by molar-refractivity contribution is 6.21. The number of aliphatic hydroxyl groups excluding tert-OH is 4. The van der Waals surface area contributed by atoms with Crippen molar-refractivity contribution in [2.45, 2.75) is 80.8 Å². The highest BCUT2D eigenvalue weighted by Crippen LogP contribution is 2.46. The van der Waals surface area contributed by atoms with Crippen LogP contribution < -0.4 is 0 Å². The van der Waals surface area contributed by atoms with Gasteiger partial charge in [0, 0.05) is 20.3 Å². The van der Waals surface area contributed by atoms with Crippen molar-refractivity contribution in [2.75, 3.05) is 6.61 Å². The monoisotopic (exact) mass is 428 g/mol. The third-order valence-corrected chi connectivity index (χ3v) is 5.40. The topological polar surface area (TPSA) is 172 Å². The van der Waals surface area contributed by atoms with Gasteiger partial charge in [0.2, 0.25) is 5.79 Å². The van der Waals surface area contributed by atoms with E-state index in [9.17, 15) is 35.1 Å². The SMILES string of the molecule is CC(=O)OC(OC(C)=O)[C@H]1O[C@@](O)([C@@]2(C)C[C@H](O)[C@@H](CO)O2)[C@H](O)[C@@H](O)[C@H]1Cl. The van der Waals surface area contributed by atoms with Crippen molar-refractivity contribution < 1.29 is 54.1 Å². The number of carbonyl (C=O) groups excluding carboxylic acids is 2. The molecule has 11 nitrogen and oxygen atoms in total. The number of ether oxygens (including phenoxy) is 4. The summed E-state index contributed by atoms with van der Waals surface area (Å²) in [5, 5.41) is 49.8. The van der Waals surface area contributed by atoms with Gasteiger partial charge >= 0.3 is 11.9 Å². The van der Waals surface area contributed by atoms with Gasteiger partial charge in [-0.2, -0.15) is 0 Å². The predicted molar refractivity (Wildman–Crippen MR) is 89.8 cm³/mol. The van der Waals surface area contributed by atoms with Gasteiger partial charge in [0.25, 0.3) is 6.29 Å². The first-order chi connectivity index (χ1) is 12.9. The molecule has 0 bridgehead atoms. The van der Waals surface area contributed by atoms with Gasteiger partial charge in [-0.05, 0) is 6.92 Å². The molecule has 0 radical (unpaired) electrons. The minimum atomic E-state index is -2.66. The smallest absolute Gasteiger partial charge is 0.305 e. The molecule has 2 aliphatic heterocycles. The van der Waals surface area contributed by atoms with Crippen molar-refractivity contribution >= 4 is 23.5 Å². The van der Waals surface area contributed by atoms with E-state index < -0.39 is 72.1 Å². The summed E-state index contributed by atoms with van der Waals surface area (Å²) in [6.45, 7) is 2.78. The maximum Gasteiger partial charge on any atom is 0.305 e. The zero-order valence-corrected chi connectivity index (χ0v) is 16.3. The molecule has 0 aromatic heterocycles. The summed E-state index contributed by atoms with van der Waals surface area (Å²) >= 11 is 6.09. The average Bonchev–Trinajstić information content (AvgIpc) is 2.90. The Labute approximate surface area is 165 Å². The number of alkyl halides is 1. The third kappa shape index (κ3) is 4.12. The molecule has 28 heavy (non-hydrogen) atoms. The Morgan fingerprint density at radius 3 is 2.14 bits per heavy atom. The number of hydrogen-bond donors (Lipinski definition) is 5. The van der Waals surface area contributed by atoms with Gasteiger partial charge in [-0.3, -0.25) is 9.59 Å². The summed E-state index contributed by atoms with van der Waals surface area (Å²) < 4.78 is 20.8. The molecule has 0 unspecified atom stereocenters. The Hall–Kier alpha value is -1.05. The molecule has 0 aromatic carbocycles. The number of rotatable bonds is 5. The van der Waals surface area contributed by atoms with Crippen molar-refractivity contribution in [2.24, 2.45) is 0 Å². The van der Waals surface area contributed by atoms with Gasteiger partial charge in [-0.15, -0.1) is 11.6 Å². The molecule has 0 spiro atoms. The summed E-state index contributed by atoms with van der Waals surface area (Å²) in [5.74, 6) is -4.38. The molecule has 0 aliphatic carbocycles. The van der Waals surface area contributed by atoms with Crippen LogP contribution in [0.4, 0.5) is 0 Å². The summed E-state index contributed by atoms with van der Waals surface area (Å²) in [7, 11) is 0. The number of carbonyl (C=O) groups is 2. The van der Waals surface area contributed by atoms with Crippen molar-refractivity contribution in [3.63, 3.8) is 0 Å². The average molecular weight is 429 g/mol. The van der Waals surface area contributed by atoms with E-state index in [4.69, 9.17) is 30.5 Å². The summed E-state index contributed by atoms with van der Waals surface area (Å²) in [6.07, 6.45) is -9.70. The molecular formula is C16H25ClO11. The lowest BCUT2D eigenvalue weighted by molar-refractivity contribution is -0.396. The summed E-state index contributed by atoms with van der Waals surface area (Å²) in [6, 6.07) is 0. The second-order valence-electron chi connectivity index (χ2n) is 7.09. The Morgan fingerprint density at radius 2 is 1.71 bits per heavy atom. The van der Waals surface area contributed by atoms with Crippen molar-refractivity contribution in [1.29, 1.82) is 0 Å². The van der Waals surface area contributed by atoms with E-state index in [-0.39, 0.29) is 6.42 Å². The van der Waals surface area contributed by atoms with Crippen LogP contribution in [0, 0.1) is 0 Å². The normalized spacial score (nSPS) is 43.8. The molecule has 12 heteroatoms. The lowest BCUT2D eigenvalue weighted by Gasteiger charge is -2.52. The van der Waals surface area contributed by atoms with E-state index in [0.717, 1.165) is 13.8 Å². The first-order valence-electron chi connectivity index (χ1n) is 8.58. The molecule has 0 amide bonds. The van der Waals surface area contributed by atoms with Crippen LogP contribution in [-0.2, 0) is 28.5 Å². The van der Waals surface area contributed by atoms with Gasteiger partial charge in [-0.25, -0.2) is 0 Å². The van der Waals surface area contributed by atoms with Crippen LogP contribution in [0.3, 0.4) is 0 Å². The number of hydrogen-bond acceptors (Lipinski definition) is 11. The minimum absolute atomic E-state index is 0.274. The Kier molecular flexibility index (Phi) is 6.94. The Morgan fingerprint density at radius 1 is 1.18 bits per heavy atom. The number of halogens is 1. The molecule has 8 atom stereocenters. The van der Waals surface area contributed by atoms with E-state index in [1.54, 1.807) is 0 Å². The van der Waals surface area contributed by atoms with Crippen LogP contribution in [0.15, 0.2) is 0 Å². The van der Waals surface area contributed by atoms with Crippen LogP contribution in [0.5, 0.6) is 0 Å². The molecule has 2 aliphatic rings. The van der Waals surface area contributed by atoms with Crippen LogP contribution in [-0.4, -0.2) is 97.7 Å². The number of aliphatic hydroxyl groups is 5. The Bertz CT molecular complexity index is 587. The van der Waals surface area contributed by atoms with Gasteiger partial charge in [-0.1, -0.05) is 0 Å². The van der Waals surface area contributed by atoms with Crippen LogP contribution in [0.25, 0.3) is 0 Å². The van der Waals surface area contributed by atoms with Crippen LogP contribution >= 0.6 is 11.6 Å². The number of esters is 2.